The largest absolute Gasteiger partial charge is 0.358 e. The molecule has 1 aromatic heterocycles. The van der Waals surface area contributed by atoms with Crippen LogP contribution in [-0.2, 0) is 0 Å². The van der Waals surface area contributed by atoms with Gasteiger partial charge in [0.25, 0.3) is 0 Å². The lowest BCUT2D eigenvalue weighted by atomic mass is 10.3. The van der Waals surface area contributed by atoms with Gasteiger partial charge in [-0.1, -0.05) is 0 Å². The summed E-state index contributed by atoms with van der Waals surface area (Å²) in [4.78, 5) is 4.38. The molecule has 0 amide bonds. The highest BCUT2D eigenvalue weighted by Crippen LogP contribution is 2.17. The molecule has 0 bridgehead atoms. The van der Waals surface area contributed by atoms with Gasteiger partial charge in [0.1, 0.15) is 0 Å². The number of aryl methyl sites for hydroxylation is 1. The summed E-state index contributed by atoms with van der Waals surface area (Å²) < 4.78 is 3.28. The summed E-state index contributed by atoms with van der Waals surface area (Å²) in [6.07, 6.45) is 2.02. The lowest BCUT2D eigenvalue weighted by molar-refractivity contribution is 1.05. The number of hydrogen-bond donors (Lipinski definition) is 1. The zero-order valence-corrected chi connectivity index (χ0v) is 10.8. The van der Waals surface area contributed by atoms with Gasteiger partial charge in [0.05, 0.1) is 5.69 Å². The van der Waals surface area contributed by atoms with Crippen LogP contribution in [0.4, 0.5) is 5.95 Å². The van der Waals surface area contributed by atoms with Crippen molar-refractivity contribution in [1.82, 2.24) is 9.55 Å². The topological polar surface area (TPSA) is 29.9 Å². The average Bonchev–Trinajstić information content (AvgIpc) is 2.61. The summed E-state index contributed by atoms with van der Waals surface area (Å²) in [6.45, 7) is 1.99. The standard InChI is InChI=1S/C11H12IN3/c1-8-7-15(11(13-2)14-8)10-5-3-9(12)4-6-10/h3-7H,1-2H3,(H,13,14). The van der Waals surface area contributed by atoms with Crippen molar-refractivity contribution in [2.75, 3.05) is 12.4 Å². The molecule has 3 nitrogen and oxygen atoms in total. The lowest BCUT2D eigenvalue weighted by Gasteiger charge is -2.06. The van der Waals surface area contributed by atoms with Gasteiger partial charge in [0, 0.05) is 22.5 Å². The summed E-state index contributed by atoms with van der Waals surface area (Å²) >= 11 is 2.30. The van der Waals surface area contributed by atoms with E-state index in [0.29, 0.717) is 0 Å². The minimum absolute atomic E-state index is 0.869. The van der Waals surface area contributed by atoms with Gasteiger partial charge in [-0.15, -0.1) is 0 Å². The van der Waals surface area contributed by atoms with Gasteiger partial charge in [0.15, 0.2) is 0 Å². The van der Waals surface area contributed by atoms with E-state index < -0.39 is 0 Å². The molecule has 0 fully saturated rings. The van der Waals surface area contributed by atoms with Gasteiger partial charge in [-0.2, -0.15) is 0 Å². The molecule has 1 heterocycles. The molecule has 0 atom stereocenters. The molecule has 1 N–H and O–H groups in total. The molecular formula is C11H12IN3. The maximum absolute atomic E-state index is 4.38. The summed E-state index contributed by atoms with van der Waals surface area (Å²) in [5.74, 6) is 0.869. The number of halogens is 1. The van der Waals surface area contributed by atoms with E-state index in [1.54, 1.807) is 0 Å². The SMILES string of the molecule is CNc1nc(C)cn1-c1ccc(I)cc1. The Morgan fingerprint density at radius 3 is 2.53 bits per heavy atom. The third-order valence-corrected chi connectivity index (χ3v) is 2.87. The number of aromatic nitrogens is 2. The Bertz CT molecular complexity index is 459. The van der Waals surface area contributed by atoms with Crippen LogP contribution in [0, 0.1) is 10.5 Å². The molecule has 78 valence electrons. The summed E-state index contributed by atoms with van der Waals surface area (Å²) in [7, 11) is 1.88. The van der Waals surface area contributed by atoms with E-state index in [2.05, 4.69) is 57.2 Å². The van der Waals surface area contributed by atoms with E-state index in [4.69, 9.17) is 0 Å². The van der Waals surface area contributed by atoms with Gasteiger partial charge in [-0.25, -0.2) is 4.98 Å². The predicted octanol–water partition coefficient (Wildman–Crippen LogP) is 2.83. The van der Waals surface area contributed by atoms with Crippen LogP contribution in [0.5, 0.6) is 0 Å². The number of rotatable bonds is 2. The fourth-order valence-corrected chi connectivity index (χ4v) is 1.83. The molecule has 0 aliphatic rings. The molecule has 15 heavy (non-hydrogen) atoms. The second-order valence-corrected chi connectivity index (χ2v) is 4.55. The first-order chi connectivity index (χ1) is 7.20. The Labute approximate surface area is 103 Å². The van der Waals surface area contributed by atoms with Crippen LogP contribution in [0.2, 0.25) is 0 Å². The van der Waals surface area contributed by atoms with E-state index in [-0.39, 0.29) is 0 Å². The third kappa shape index (κ3) is 2.14. The third-order valence-electron chi connectivity index (χ3n) is 2.15. The van der Waals surface area contributed by atoms with E-state index >= 15 is 0 Å². The Balaban J connectivity index is 2.48. The molecule has 0 unspecified atom stereocenters. The zero-order valence-electron chi connectivity index (χ0n) is 8.66. The first-order valence-corrected chi connectivity index (χ1v) is 5.78. The molecule has 0 aliphatic heterocycles. The van der Waals surface area contributed by atoms with Crippen molar-refractivity contribution < 1.29 is 0 Å². The second-order valence-electron chi connectivity index (χ2n) is 3.30. The van der Waals surface area contributed by atoms with Crippen molar-refractivity contribution in [2.24, 2.45) is 0 Å². The lowest BCUT2D eigenvalue weighted by Crippen LogP contribution is -2.00. The number of hydrogen-bond acceptors (Lipinski definition) is 2. The number of imidazole rings is 1. The predicted molar refractivity (Wildman–Crippen MR) is 70.6 cm³/mol. The fourth-order valence-electron chi connectivity index (χ4n) is 1.47. The quantitative estimate of drug-likeness (QED) is 0.864. The van der Waals surface area contributed by atoms with Crippen molar-refractivity contribution in [3.05, 3.63) is 39.7 Å². The van der Waals surface area contributed by atoms with Crippen LogP contribution in [-0.4, -0.2) is 16.6 Å². The Kier molecular flexibility index (Phi) is 2.95. The van der Waals surface area contributed by atoms with Crippen LogP contribution >= 0.6 is 22.6 Å². The van der Waals surface area contributed by atoms with Gasteiger partial charge in [-0.3, -0.25) is 4.57 Å². The van der Waals surface area contributed by atoms with Gasteiger partial charge >= 0.3 is 0 Å². The highest BCUT2D eigenvalue weighted by atomic mass is 127. The zero-order chi connectivity index (χ0) is 10.8. The number of anilines is 1. The van der Waals surface area contributed by atoms with Crippen LogP contribution in [0.15, 0.2) is 30.5 Å². The monoisotopic (exact) mass is 313 g/mol. The molecule has 2 rings (SSSR count). The van der Waals surface area contributed by atoms with Crippen LogP contribution < -0.4 is 5.32 Å². The highest BCUT2D eigenvalue weighted by molar-refractivity contribution is 14.1. The molecule has 0 aliphatic carbocycles. The summed E-state index contributed by atoms with van der Waals surface area (Å²) in [5, 5.41) is 3.08. The maximum Gasteiger partial charge on any atom is 0.207 e. The highest BCUT2D eigenvalue weighted by Gasteiger charge is 2.04. The molecule has 0 spiro atoms. The van der Waals surface area contributed by atoms with E-state index in [1.165, 1.54) is 3.57 Å². The normalized spacial score (nSPS) is 10.3. The van der Waals surface area contributed by atoms with Gasteiger partial charge in [-0.05, 0) is 53.8 Å². The average molecular weight is 313 g/mol. The minimum Gasteiger partial charge on any atom is -0.358 e. The Morgan fingerprint density at radius 1 is 1.27 bits per heavy atom. The molecule has 1 aromatic carbocycles. The summed E-state index contributed by atoms with van der Waals surface area (Å²) in [5.41, 5.74) is 2.14. The van der Waals surface area contributed by atoms with Gasteiger partial charge in [0.2, 0.25) is 5.95 Å². The van der Waals surface area contributed by atoms with Crippen molar-refractivity contribution in [3.8, 4) is 5.69 Å². The molecule has 0 radical (unpaired) electrons. The Hall–Kier alpha value is -1.04. The molecule has 0 saturated heterocycles. The smallest absolute Gasteiger partial charge is 0.207 e. The van der Waals surface area contributed by atoms with Crippen LogP contribution in [0.3, 0.4) is 0 Å². The first kappa shape index (κ1) is 10.5. The molecule has 0 saturated carbocycles. The van der Waals surface area contributed by atoms with Gasteiger partial charge < -0.3 is 5.32 Å². The van der Waals surface area contributed by atoms with Crippen LogP contribution in [0.1, 0.15) is 5.69 Å². The first-order valence-electron chi connectivity index (χ1n) is 4.70. The van der Waals surface area contributed by atoms with E-state index in [1.807, 2.05) is 24.7 Å². The van der Waals surface area contributed by atoms with Crippen molar-refractivity contribution in [1.29, 1.82) is 0 Å². The number of benzene rings is 1. The van der Waals surface area contributed by atoms with E-state index in [9.17, 15) is 0 Å². The van der Waals surface area contributed by atoms with Crippen molar-refractivity contribution in [2.45, 2.75) is 6.92 Å². The molecule has 2 aromatic rings. The summed E-state index contributed by atoms with van der Waals surface area (Å²) in [6, 6.07) is 8.35. The van der Waals surface area contributed by atoms with Crippen LogP contribution in [0.25, 0.3) is 5.69 Å². The van der Waals surface area contributed by atoms with E-state index in [0.717, 1.165) is 17.3 Å². The molecule has 4 heteroatoms. The Morgan fingerprint density at radius 2 is 1.93 bits per heavy atom. The fraction of sp³-hybridized carbons (Fsp3) is 0.182. The second kappa shape index (κ2) is 4.22. The van der Waals surface area contributed by atoms with Crippen molar-refractivity contribution >= 4 is 28.5 Å². The number of nitrogens with zero attached hydrogens (tertiary/aromatic N) is 2. The number of nitrogens with one attached hydrogen (secondary N) is 1. The minimum atomic E-state index is 0.869. The molecular weight excluding hydrogens is 301 g/mol. The van der Waals surface area contributed by atoms with Crippen molar-refractivity contribution in [3.63, 3.8) is 0 Å². The maximum atomic E-state index is 4.38.